The van der Waals surface area contributed by atoms with Gasteiger partial charge in [-0.25, -0.2) is 0 Å². The molecule has 18 heavy (non-hydrogen) atoms. The number of anilines is 1. The average Bonchev–Trinajstić information content (AvgIpc) is 3.28. The predicted octanol–water partition coefficient (Wildman–Crippen LogP) is 1.55. The summed E-state index contributed by atoms with van der Waals surface area (Å²) >= 11 is 0. The van der Waals surface area contributed by atoms with E-state index in [1.165, 1.54) is 25.7 Å². The zero-order valence-electron chi connectivity index (χ0n) is 10.3. The van der Waals surface area contributed by atoms with Crippen LogP contribution in [0.5, 0.6) is 0 Å². The highest BCUT2D eigenvalue weighted by Gasteiger charge is 2.33. The zero-order chi connectivity index (χ0) is 12.5. The summed E-state index contributed by atoms with van der Waals surface area (Å²) in [5.74, 6) is 0.927. The molecular weight excluding hydrogens is 228 g/mol. The second-order valence-electron chi connectivity index (χ2n) is 5.21. The second kappa shape index (κ2) is 4.48. The molecular formula is C13H18N4O. The summed E-state index contributed by atoms with van der Waals surface area (Å²) in [5, 5.41) is 11.6. The molecule has 3 rings (SSSR count). The molecule has 5 nitrogen and oxygen atoms in total. The molecule has 1 aromatic heterocycles. The number of nitrogens with zero attached hydrogens (tertiary/aromatic N) is 3. The maximum Gasteiger partial charge on any atom is 0.188 e. The Kier molecular flexibility index (Phi) is 2.81. The Morgan fingerprint density at radius 3 is 2.67 bits per heavy atom. The van der Waals surface area contributed by atoms with E-state index in [0.717, 1.165) is 18.2 Å². The van der Waals surface area contributed by atoms with Crippen LogP contribution in [0.25, 0.3) is 0 Å². The van der Waals surface area contributed by atoms with E-state index < -0.39 is 0 Å². The molecule has 0 saturated heterocycles. The van der Waals surface area contributed by atoms with Crippen molar-refractivity contribution in [2.75, 3.05) is 11.4 Å². The minimum Gasteiger partial charge on any atom is -0.409 e. The van der Waals surface area contributed by atoms with Gasteiger partial charge in [0, 0.05) is 12.6 Å². The van der Waals surface area contributed by atoms with E-state index in [2.05, 4.69) is 15.0 Å². The van der Waals surface area contributed by atoms with Crippen LogP contribution in [0.15, 0.2) is 23.5 Å². The smallest absolute Gasteiger partial charge is 0.188 e. The predicted molar refractivity (Wildman–Crippen MR) is 69.8 cm³/mol. The molecule has 5 heteroatoms. The standard InChI is InChI=1S/C13H18N4O/c14-13(16-18)12-6-5-11(7-15-12)17(10-3-4-10)8-9-1-2-9/h5-7,9-10,18H,1-4,8H2,(H2,14,16). The quantitative estimate of drug-likeness (QED) is 0.358. The van der Waals surface area contributed by atoms with Gasteiger partial charge in [-0.3, -0.25) is 4.98 Å². The van der Waals surface area contributed by atoms with Crippen LogP contribution in [0.4, 0.5) is 5.69 Å². The highest BCUT2D eigenvalue weighted by Crippen LogP contribution is 2.37. The van der Waals surface area contributed by atoms with Gasteiger partial charge in [-0.1, -0.05) is 5.16 Å². The minimum atomic E-state index is 0.0571. The van der Waals surface area contributed by atoms with Crippen molar-refractivity contribution in [3.63, 3.8) is 0 Å². The van der Waals surface area contributed by atoms with Gasteiger partial charge in [-0.05, 0) is 43.7 Å². The molecule has 2 saturated carbocycles. The number of nitrogens with two attached hydrogens (primary N) is 1. The fourth-order valence-electron chi connectivity index (χ4n) is 2.19. The summed E-state index contributed by atoms with van der Waals surface area (Å²) in [5.41, 5.74) is 7.18. The molecule has 0 radical (unpaired) electrons. The van der Waals surface area contributed by atoms with Crippen LogP contribution in [0.2, 0.25) is 0 Å². The average molecular weight is 246 g/mol. The van der Waals surface area contributed by atoms with Crippen molar-refractivity contribution in [2.45, 2.75) is 31.7 Å². The highest BCUT2D eigenvalue weighted by atomic mass is 16.4. The molecule has 0 aliphatic heterocycles. The van der Waals surface area contributed by atoms with E-state index in [-0.39, 0.29) is 5.84 Å². The zero-order valence-corrected chi connectivity index (χ0v) is 10.3. The maximum absolute atomic E-state index is 8.60. The van der Waals surface area contributed by atoms with Crippen molar-refractivity contribution < 1.29 is 5.21 Å². The summed E-state index contributed by atoms with van der Waals surface area (Å²) < 4.78 is 0. The van der Waals surface area contributed by atoms with Crippen LogP contribution in [0.1, 0.15) is 31.4 Å². The number of rotatable bonds is 5. The Morgan fingerprint density at radius 1 is 1.39 bits per heavy atom. The Bertz CT molecular complexity index is 449. The Balaban J connectivity index is 1.76. The summed E-state index contributed by atoms with van der Waals surface area (Å²) in [4.78, 5) is 6.71. The van der Waals surface area contributed by atoms with Crippen LogP contribution in [0.3, 0.4) is 0 Å². The topological polar surface area (TPSA) is 74.7 Å². The summed E-state index contributed by atoms with van der Waals surface area (Å²) in [7, 11) is 0. The number of hydrogen-bond acceptors (Lipinski definition) is 4. The van der Waals surface area contributed by atoms with Crippen molar-refractivity contribution in [3.05, 3.63) is 24.0 Å². The maximum atomic E-state index is 8.60. The lowest BCUT2D eigenvalue weighted by Crippen LogP contribution is -2.28. The lowest BCUT2D eigenvalue weighted by atomic mass is 10.2. The van der Waals surface area contributed by atoms with E-state index >= 15 is 0 Å². The van der Waals surface area contributed by atoms with Crippen molar-refractivity contribution in [2.24, 2.45) is 16.8 Å². The molecule has 0 atom stereocenters. The molecule has 2 aliphatic rings. The number of oxime groups is 1. The van der Waals surface area contributed by atoms with Gasteiger partial charge in [0.25, 0.3) is 0 Å². The first-order valence-corrected chi connectivity index (χ1v) is 6.48. The van der Waals surface area contributed by atoms with E-state index in [4.69, 9.17) is 10.9 Å². The highest BCUT2D eigenvalue weighted by molar-refractivity contribution is 5.95. The van der Waals surface area contributed by atoms with Crippen molar-refractivity contribution in [1.29, 1.82) is 0 Å². The Hall–Kier alpha value is -1.78. The second-order valence-corrected chi connectivity index (χ2v) is 5.21. The largest absolute Gasteiger partial charge is 0.409 e. The summed E-state index contributed by atoms with van der Waals surface area (Å²) in [6.07, 6.45) is 7.12. The van der Waals surface area contributed by atoms with Gasteiger partial charge in [-0.2, -0.15) is 0 Å². The Morgan fingerprint density at radius 2 is 2.17 bits per heavy atom. The number of aromatic nitrogens is 1. The molecule has 0 unspecified atom stereocenters. The fourth-order valence-corrected chi connectivity index (χ4v) is 2.19. The number of pyridine rings is 1. The van der Waals surface area contributed by atoms with Gasteiger partial charge in [0.05, 0.1) is 11.9 Å². The third-order valence-electron chi connectivity index (χ3n) is 3.59. The van der Waals surface area contributed by atoms with Crippen LogP contribution in [-0.4, -0.2) is 28.6 Å². The molecule has 0 bridgehead atoms. The SMILES string of the molecule is N/C(=N/O)c1ccc(N(CC2CC2)C2CC2)cn1. The van der Waals surface area contributed by atoms with Crippen LogP contribution in [-0.2, 0) is 0 Å². The van der Waals surface area contributed by atoms with Crippen LogP contribution < -0.4 is 10.6 Å². The summed E-state index contributed by atoms with van der Waals surface area (Å²) in [6, 6.07) is 4.52. The third-order valence-corrected chi connectivity index (χ3v) is 3.59. The van der Waals surface area contributed by atoms with Gasteiger partial charge < -0.3 is 15.8 Å². The molecule has 1 heterocycles. The first-order chi connectivity index (χ1) is 8.78. The lowest BCUT2D eigenvalue weighted by molar-refractivity contribution is 0.318. The third kappa shape index (κ3) is 2.39. The molecule has 0 aromatic carbocycles. The normalized spacial score (nSPS) is 19.9. The fraction of sp³-hybridized carbons (Fsp3) is 0.538. The molecule has 2 fully saturated rings. The van der Waals surface area contributed by atoms with Crippen molar-refractivity contribution >= 4 is 11.5 Å². The molecule has 96 valence electrons. The first kappa shape index (κ1) is 11.3. The van der Waals surface area contributed by atoms with Gasteiger partial charge in [0.2, 0.25) is 0 Å². The van der Waals surface area contributed by atoms with E-state index in [1.807, 2.05) is 18.3 Å². The van der Waals surface area contributed by atoms with Crippen molar-refractivity contribution in [3.8, 4) is 0 Å². The van der Waals surface area contributed by atoms with Crippen molar-refractivity contribution in [1.82, 2.24) is 4.98 Å². The van der Waals surface area contributed by atoms with Crippen LogP contribution >= 0.6 is 0 Å². The molecule has 1 aromatic rings. The molecule has 3 N–H and O–H groups in total. The molecule has 2 aliphatic carbocycles. The van der Waals surface area contributed by atoms with E-state index in [9.17, 15) is 0 Å². The van der Waals surface area contributed by atoms with Gasteiger partial charge >= 0.3 is 0 Å². The van der Waals surface area contributed by atoms with Gasteiger partial charge in [0.1, 0.15) is 5.69 Å². The van der Waals surface area contributed by atoms with E-state index in [0.29, 0.717) is 11.7 Å². The van der Waals surface area contributed by atoms with E-state index in [1.54, 1.807) is 0 Å². The Labute approximate surface area is 106 Å². The van der Waals surface area contributed by atoms with Crippen LogP contribution in [0, 0.1) is 5.92 Å². The van der Waals surface area contributed by atoms with Gasteiger partial charge in [0.15, 0.2) is 5.84 Å². The van der Waals surface area contributed by atoms with Gasteiger partial charge in [-0.15, -0.1) is 0 Å². The molecule has 0 amide bonds. The number of amidine groups is 1. The lowest BCUT2D eigenvalue weighted by Gasteiger charge is -2.24. The first-order valence-electron chi connectivity index (χ1n) is 6.48. The minimum absolute atomic E-state index is 0.0571. The number of hydrogen-bond donors (Lipinski definition) is 2. The monoisotopic (exact) mass is 246 g/mol. The summed E-state index contributed by atoms with van der Waals surface area (Å²) in [6.45, 7) is 1.15. The molecule has 0 spiro atoms.